The summed E-state index contributed by atoms with van der Waals surface area (Å²) in [5, 5.41) is 11.4. The number of halogens is 5. The summed E-state index contributed by atoms with van der Waals surface area (Å²) in [7, 11) is 0. The second kappa shape index (κ2) is 7.88. The van der Waals surface area contributed by atoms with E-state index in [1.54, 1.807) is 12.1 Å². The Morgan fingerprint density at radius 2 is 1.91 bits per heavy atom. The van der Waals surface area contributed by atoms with E-state index in [9.17, 15) is 22.8 Å². The van der Waals surface area contributed by atoms with E-state index in [0.29, 0.717) is 15.6 Å². The molecule has 0 spiro atoms. The summed E-state index contributed by atoms with van der Waals surface area (Å²) in [6.45, 7) is 1.47. The second-order valence-electron chi connectivity index (χ2n) is 5.06. The molecule has 9 heteroatoms. The highest BCUT2D eigenvalue weighted by Crippen LogP contribution is 2.24. The molecule has 0 heterocycles. The molecule has 0 saturated carbocycles. The molecule has 0 aliphatic carbocycles. The van der Waals surface area contributed by atoms with Crippen LogP contribution in [0.1, 0.15) is 18.9 Å². The van der Waals surface area contributed by atoms with Crippen LogP contribution in [0.25, 0.3) is 0 Å². The molecule has 0 bridgehead atoms. The van der Waals surface area contributed by atoms with Gasteiger partial charge in [-0.1, -0.05) is 36.2 Å². The zero-order valence-corrected chi connectivity index (χ0v) is 13.5. The highest BCUT2D eigenvalue weighted by molar-refractivity contribution is 6.35. The average Bonchev–Trinajstić information content (AvgIpc) is 2.39. The number of nitrogens with one attached hydrogen (secondary N) is 1. The summed E-state index contributed by atoms with van der Waals surface area (Å²) in [6, 6.07) is 2.62. The maximum Gasteiger partial charge on any atom is 0.391 e. The van der Waals surface area contributed by atoms with Crippen molar-refractivity contribution in [3.63, 3.8) is 0 Å². The van der Waals surface area contributed by atoms with Gasteiger partial charge < -0.3 is 10.4 Å². The first-order valence-corrected chi connectivity index (χ1v) is 7.29. The number of amides is 1. The van der Waals surface area contributed by atoms with Crippen molar-refractivity contribution >= 4 is 35.1 Å². The molecule has 1 rings (SSSR count). The maximum absolute atomic E-state index is 12.3. The van der Waals surface area contributed by atoms with Crippen LogP contribution >= 0.6 is 23.2 Å². The first-order valence-electron chi connectivity index (χ1n) is 6.53. The quantitative estimate of drug-likeness (QED) is 0.801. The fourth-order valence-electron chi connectivity index (χ4n) is 1.86. The minimum absolute atomic E-state index is 0.139. The molecule has 1 aromatic carbocycles. The van der Waals surface area contributed by atoms with E-state index in [-0.39, 0.29) is 6.42 Å². The third kappa shape index (κ3) is 6.66. The van der Waals surface area contributed by atoms with E-state index in [4.69, 9.17) is 28.3 Å². The summed E-state index contributed by atoms with van der Waals surface area (Å²) >= 11 is 11.7. The van der Waals surface area contributed by atoms with Gasteiger partial charge in [-0.25, -0.2) is 4.79 Å². The molecule has 0 aliphatic heterocycles. The normalized spacial score (nSPS) is 14.2. The predicted octanol–water partition coefficient (Wildman–Crippen LogP) is 3.69. The van der Waals surface area contributed by atoms with Gasteiger partial charge in [-0.3, -0.25) is 4.79 Å². The second-order valence-corrected chi connectivity index (χ2v) is 5.90. The molecule has 2 unspecified atom stereocenters. The van der Waals surface area contributed by atoms with Crippen molar-refractivity contribution in [1.82, 2.24) is 5.32 Å². The van der Waals surface area contributed by atoms with Gasteiger partial charge in [-0.05, 0) is 24.1 Å². The van der Waals surface area contributed by atoms with Gasteiger partial charge in [0, 0.05) is 16.0 Å². The van der Waals surface area contributed by atoms with E-state index in [1.807, 2.05) is 5.32 Å². The Morgan fingerprint density at radius 1 is 1.30 bits per heavy atom. The first kappa shape index (κ1) is 19.6. The average molecular weight is 372 g/mol. The zero-order valence-electron chi connectivity index (χ0n) is 12.0. The van der Waals surface area contributed by atoms with Crippen LogP contribution in [0.4, 0.5) is 13.2 Å². The van der Waals surface area contributed by atoms with Crippen LogP contribution in [0.5, 0.6) is 0 Å². The molecular formula is C14H14Cl2F3NO3. The molecule has 128 valence electrons. The standard InChI is InChI=1S/C14H14Cl2F3NO3/c1-7(4-8-2-3-9(15)5-10(8)16)12(21)20-11(13(22)23)6-14(17,18)19/h2-3,5,7,11H,4,6H2,1H3,(H,20,21)(H,22,23). The summed E-state index contributed by atoms with van der Waals surface area (Å²) in [4.78, 5) is 22.8. The van der Waals surface area contributed by atoms with Crippen molar-refractivity contribution in [3.8, 4) is 0 Å². The molecule has 0 fully saturated rings. The minimum atomic E-state index is -4.70. The predicted molar refractivity (Wildman–Crippen MR) is 79.6 cm³/mol. The number of hydrogen-bond acceptors (Lipinski definition) is 2. The summed E-state index contributed by atoms with van der Waals surface area (Å²) in [5.74, 6) is -3.30. The van der Waals surface area contributed by atoms with E-state index >= 15 is 0 Å². The first-order chi connectivity index (χ1) is 10.5. The number of carboxylic acids is 1. The lowest BCUT2D eigenvalue weighted by Gasteiger charge is -2.19. The van der Waals surface area contributed by atoms with Gasteiger partial charge in [0.25, 0.3) is 0 Å². The van der Waals surface area contributed by atoms with Gasteiger partial charge in [0.2, 0.25) is 5.91 Å². The monoisotopic (exact) mass is 371 g/mol. The van der Waals surface area contributed by atoms with Gasteiger partial charge in [0.1, 0.15) is 6.04 Å². The number of carboxylic acid groups (broad SMARTS) is 1. The highest BCUT2D eigenvalue weighted by Gasteiger charge is 2.36. The van der Waals surface area contributed by atoms with E-state index in [2.05, 4.69) is 0 Å². The lowest BCUT2D eigenvalue weighted by molar-refractivity contribution is -0.160. The number of rotatable bonds is 6. The van der Waals surface area contributed by atoms with Crippen LogP contribution in [-0.4, -0.2) is 29.2 Å². The molecule has 1 amide bonds. The molecule has 0 radical (unpaired) electrons. The molecule has 4 nitrogen and oxygen atoms in total. The number of aliphatic carboxylic acids is 1. The number of hydrogen-bond donors (Lipinski definition) is 2. The largest absolute Gasteiger partial charge is 0.480 e. The number of carbonyl (C=O) groups is 2. The lowest BCUT2D eigenvalue weighted by Crippen LogP contribution is -2.45. The van der Waals surface area contributed by atoms with Crippen LogP contribution in [0.15, 0.2) is 18.2 Å². The summed E-state index contributed by atoms with van der Waals surface area (Å²) < 4.78 is 36.9. The Bertz CT molecular complexity index is 593. The Kier molecular flexibility index (Phi) is 6.70. The lowest BCUT2D eigenvalue weighted by atomic mass is 9.99. The van der Waals surface area contributed by atoms with Gasteiger partial charge >= 0.3 is 12.1 Å². The van der Waals surface area contributed by atoms with E-state index < -0.39 is 36.4 Å². The topological polar surface area (TPSA) is 66.4 Å². The maximum atomic E-state index is 12.3. The zero-order chi connectivity index (χ0) is 17.8. The van der Waals surface area contributed by atoms with E-state index in [1.165, 1.54) is 13.0 Å². The number of carbonyl (C=O) groups excluding carboxylic acids is 1. The number of benzene rings is 1. The Balaban J connectivity index is 2.73. The molecule has 0 aromatic heterocycles. The Morgan fingerprint density at radius 3 is 2.39 bits per heavy atom. The Labute approximate surface area is 140 Å². The van der Waals surface area contributed by atoms with Crippen molar-refractivity contribution in [3.05, 3.63) is 33.8 Å². The summed E-state index contributed by atoms with van der Waals surface area (Å²) in [5.41, 5.74) is 0.585. The highest BCUT2D eigenvalue weighted by atomic mass is 35.5. The molecule has 23 heavy (non-hydrogen) atoms. The van der Waals surface area contributed by atoms with Crippen LogP contribution in [0, 0.1) is 5.92 Å². The third-order valence-corrected chi connectivity index (χ3v) is 3.63. The number of alkyl halides is 3. The van der Waals surface area contributed by atoms with Crippen LogP contribution in [-0.2, 0) is 16.0 Å². The molecule has 0 saturated heterocycles. The minimum Gasteiger partial charge on any atom is -0.480 e. The van der Waals surface area contributed by atoms with Crippen LogP contribution in [0.2, 0.25) is 10.0 Å². The third-order valence-electron chi connectivity index (χ3n) is 3.04. The smallest absolute Gasteiger partial charge is 0.391 e. The van der Waals surface area contributed by atoms with Gasteiger partial charge in [-0.2, -0.15) is 13.2 Å². The van der Waals surface area contributed by atoms with E-state index in [0.717, 1.165) is 0 Å². The molecular weight excluding hydrogens is 358 g/mol. The van der Waals surface area contributed by atoms with Gasteiger partial charge in [0.15, 0.2) is 0 Å². The molecule has 2 atom stereocenters. The fourth-order valence-corrected chi connectivity index (χ4v) is 2.34. The van der Waals surface area contributed by atoms with Crippen molar-refractivity contribution in [2.24, 2.45) is 5.92 Å². The van der Waals surface area contributed by atoms with Crippen LogP contribution < -0.4 is 5.32 Å². The summed E-state index contributed by atoms with van der Waals surface area (Å²) in [6.07, 6.45) is -6.19. The molecule has 0 aliphatic rings. The van der Waals surface area contributed by atoms with Crippen molar-refractivity contribution in [1.29, 1.82) is 0 Å². The van der Waals surface area contributed by atoms with Gasteiger partial charge in [-0.15, -0.1) is 0 Å². The van der Waals surface area contributed by atoms with Gasteiger partial charge in [0.05, 0.1) is 6.42 Å². The molecule has 1 aromatic rings. The SMILES string of the molecule is CC(Cc1ccc(Cl)cc1Cl)C(=O)NC(CC(F)(F)F)C(=O)O. The van der Waals surface area contributed by atoms with Crippen molar-refractivity contribution < 1.29 is 27.9 Å². The Hall–Kier alpha value is -1.47. The van der Waals surface area contributed by atoms with Crippen molar-refractivity contribution in [2.75, 3.05) is 0 Å². The van der Waals surface area contributed by atoms with Crippen molar-refractivity contribution in [2.45, 2.75) is 32.0 Å². The fraction of sp³-hybridized carbons (Fsp3) is 0.429. The molecule has 2 N–H and O–H groups in total. The van der Waals surface area contributed by atoms with Crippen LogP contribution in [0.3, 0.4) is 0 Å².